The van der Waals surface area contributed by atoms with Crippen LogP contribution in [0.2, 0.25) is 0 Å². The van der Waals surface area contributed by atoms with E-state index in [2.05, 4.69) is 18.5 Å². The van der Waals surface area contributed by atoms with Crippen molar-refractivity contribution in [1.29, 1.82) is 0 Å². The molecule has 108 valence electrons. The molecular formula is C16H16N2O3. The lowest BCUT2D eigenvalue weighted by Crippen LogP contribution is -2.30. The second kappa shape index (κ2) is 6.56. The van der Waals surface area contributed by atoms with Crippen LogP contribution in [-0.2, 0) is 4.79 Å². The van der Waals surface area contributed by atoms with Gasteiger partial charge in [0.1, 0.15) is 18.1 Å². The van der Waals surface area contributed by atoms with Crippen LogP contribution in [0.25, 0.3) is 6.08 Å². The van der Waals surface area contributed by atoms with E-state index in [9.17, 15) is 9.59 Å². The number of hydrogen-bond acceptors (Lipinski definition) is 3. The van der Waals surface area contributed by atoms with Gasteiger partial charge in [-0.15, -0.1) is 6.58 Å². The number of nitrogens with one attached hydrogen (secondary N) is 1. The number of carbonyl (C=O) groups excluding carboxylic acids is 2. The molecule has 1 aromatic carbocycles. The van der Waals surface area contributed by atoms with Crippen molar-refractivity contribution >= 4 is 18.0 Å². The maximum Gasteiger partial charge on any atom is 0.329 e. The van der Waals surface area contributed by atoms with E-state index in [0.717, 1.165) is 10.5 Å². The molecule has 0 bridgehead atoms. The van der Waals surface area contributed by atoms with Gasteiger partial charge in [0, 0.05) is 6.54 Å². The van der Waals surface area contributed by atoms with Crippen molar-refractivity contribution in [3.8, 4) is 5.75 Å². The van der Waals surface area contributed by atoms with Gasteiger partial charge in [-0.05, 0) is 23.8 Å². The van der Waals surface area contributed by atoms with Crippen LogP contribution < -0.4 is 10.1 Å². The molecule has 0 radical (unpaired) electrons. The summed E-state index contributed by atoms with van der Waals surface area (Å²) in [6.45, 7) is 7.72. The van der Waals surface area contributed by atoms with Gasteiger partial charge < -0.3 is 10.1 Å². The molecule has 0 aliphatic carbocycles. The molecule has 1 heterocycles. The van der Waals surface area contributed by atoms with Crippen molar-refractivity contribution in [3.63, 3.8) is 0 Å². The molecule has 0 unspecified atom stereocenters. The molecule has 1 fully saturated rings. The molecule has 1 aromatic rings. The van der Waals surface area contributed by atoms with E-state index in [4.69, 9.17) is 4.74 Å². The van der Waals surface area contributed by atoms with Gasteiger partial charge in [-0.1, -0.05) is 30.9 Å². The summed E-state index contributed by atoms with van der Waals surface area (Å²) in [5, 5.41) is 2.54. The zero-order valence-corrected chi connectivity index (χ0v) is 11.5. The topological polar surface area (TPSA) is 58.6 Å². The molecular weight excluding hydrogens is 268 g/mol. The Morgan fingerprint density at radius 2 is 1.86 bits per heavy atom. The first kappa shape index (κ1) is 14.6. The third-order valence-corrected chi connectivity index (χ3v) is 2.83. The SMILES string of the molecule is C=CCOc1ccc(/C=C2/NC(=O)N(CC=C)C2=O)cc1. The highest BCUT2D eigenvalue weighted by Crippen LogP contribution is 2.17. The van der Waals surface area contributed by atoms with Crippen molar-refractivity contribution in [2.24, 2.45) is 0 Å². The Morgan fingerprint density at radius 1 is 1.14 bits per heavy atom. The average Bonchev–Trinajstić information content (AvgIpc) is 2.75. The quantitative estimate of drug-likeness (QED) is 0.495. The van der Waals surface area contributed by atoms with Crippen molar-refractivity contribution in [3.05, 3.63) is 60.8 Å². The minimum atomic E-state index is -0.433. The van der Waals surface area contributed by atoms with Crippen molar-refractivity contribution in [2.45, 2.75) is 0 Å². The van der Waals surface area contributed by atoms with Crippen molar-refractivity contribution in [2.75, 3.05) is 13.2 Å². The Labute approximate surface area is 123 Å². The van der Waals surface area contributed by atoms with E-state index in [1.54, 1.807) is 36.4 Å². The van der Waals surface area contributed by atoms with Crippen LogP contribution in [0.5, 0.6) is 5.75 Å². The number of urea groups is 1. The highest BCUT2D eigenvalue weighted by atomic mass is 16.5. The van der Waals surface area contributed by atoms with E-state index in [1.807, 2.05) is 0 Å². The number of amides is 3. The molecule has 1 saturated heterocycles. The maximum absolute atomic E-state index is 12.0. The summed E-state index contributed by atoms with van der Waals surface area (Å²) >= 11 is 0. The van der Waals surface area contributed by atoms with Gasteiger partial charge in [-0.2, -0.15) is 0 Å². The average molecular weight is 284 g/mol. The third kappa shape index (κ3) is 3.39. The molecule has 0 saturated carbocycles. The van der Waals surface area contributed by atoms with Gasteiger partial charge in [-0.3, -0.25) is 9.69 Å². The van der Waals surface area contributed by atoms with Gasteiger partial charge in [-0.25, -0.2) is 4.79 Å². The normalized spacial score (nSPS) is 16.0. The van der Waals surface area contributed by atoms with E-state index in [0.29, 0.717) is 12.4 Å². The Balaban J connectivity index is 2.13. The summed E-state index contributed by atoms with van der Waals surface area (Å²) in [6, 6.07) is 6.76. The van der Waals surface area contributed by atoms with Crippen LogP contribution in [0.3, 0.4) is 0 Å². The number of nitrogens with zero attached hydrogens (tertiary/aromatic N) is 1. The summed E-state index contributed by atoms with van der Waals surface area (Å²) in [6.07, 6.45) is 4.80. The first-order valence-corrected chi connectivity index (χ1v) is 6.45. The molecule has 0 aromatic heterocycles. The van der Waals surface area contributed by atoms with Crippen molar-refractivity contribution < 1.29 is 14.3 Å². The van der Waals surface area contributed by atoms with Gasteiger partial charge >= 0.3 is 6.03 Å². The van der Waals surface area contributed by atoms with E-state index in [1.165, 1.54) is 6.08 Å². The molecule has 1 aliphatic heterocycles. The van der Waals surface area contributed by atoms with Crippen molar-refractivity contribution in [1.82, 2.24) is 10.2 Å². The number of carbonyl (C=O) groups is 2. The predicted molar refractivity (Wildman–Crippen MR) is 80.6 cm³/mol. The first-order valence-electron chi connectivity index (χ1n) is 6.45. The molecule has 5 heteroatoms. The molecule has 1 aliphatic rings. The zero-order valence-electron chi connectivity index (χ0n) is 11.5. The lowest BCUT2D eigenvalue weighted by molar-refractivity contribution is -0.122. The fourth-order valence-corrected chi connectivity index (χ4v) is 1.85. The van der Waals surface area contributed by atoms with E-state index < -0.39 is 6.03 Å². The minimum absolute atomic E-state index is 0.191. The Bertz CT molecular complexity index is 602. The van der Waals surface area contributed by atoms with Gasteiger partial charge in [0.05, 0.1) is 0 Å². The fourth-order valence-electron chi connectivity index (χ4n) is 1.85. The summed E-state index contributed by atoms with van der Waals surface area (Å²) in [7, 11) is 0. The van der Waals surface area contributed by atoms with Crippen LogP contribution in [0, 0.1) is 0 Å². The Morgan fingerprint density at radius 3 is 2.48 bits per heavy atom. The monoisotopic (exact) mass is 284 g/mol. The number of benzene rings is 1. The highest BCUT2D eigenvalue weighted by molar-refractivity contribution is 6.14. The lowest BCUT2D eigenvalue weighted by atomic mass is 10.2. The van der Waals surface area contributed by atoms with Crippen LogP contribution in [0.1, 0.15) is 5.56 Å². The second-order valence-corrected chi connectivity index (χ2v) is 4.36. The number of ether oxygens (including phenoxy) is 1. The largest absolute Gasteiger partial charge is 0.490 e. The third-order valence-electron chi connectivity index (χ3n) is 2.83. The van der Waals surface area contributed by atoms with E-state index in [-0.39, 0.29) is 18.1 Å². The molecule has 21 heavy (non-hydrogen) atoms. The molecule has 0 spiro atoms. The lowest BCUT2D eigenvalue weighted by Gasteiger charge is -2.06. The Hall–Kier alpha value is -2.82. The fraction of sp³-hybridized carbons (Fsp3) is 0.125. The summed E-state index contributed by atoms with van der Waals surface area (Å²) < 4.78 is 5.37. The summed E-state index contributed by atoms with van der Waals surface area (Å²) in [4.78, 5) is 24.7. The molecule has 1 N–H and O–H groups in total. The van der Waals surface area contributed by atoms with Crippen LogP contribution >= 0.6 is 0 Å². The standard InChI is InChI=1S/C16H16N2O3/c1-3-9-18-15(19)14(17-16(18)20)11-12-5-7-13(8-6-12)21-10-4-2/h3-8,11H,1-2,9-10H2,(H,17,20)/b14-11+. The number of rotatable bonds is 6. The summed E-state index contributed by atoms with van der Waals surface area (Å²) in [5.74, 6) is 0.360. The van der Waals surface area contributed by atoms with Gasteiger partial charge in [0.15, 0.2) is 0 Å². The molecule has 2 rings (SSSR count). The maximum atomic E-state index is 12.0. The van der Waals surface area contributed by atoms with Gasteiger partial charge in [0.25, 0.3) is 5.91 Å². The van der Waals surface area contributed by atoms with E-state index >= 15 is 0 Å². The van der Waals surface area contributed by atoms with Crippen LogP contribution in [0.4, 0.5) is 4.79 Å². The smallest absolute Gasteiger partial charge is 0.329 e. The van der Waals surface area contributed by atoms with Crippen LogP contribution in [-0.4, -0.2) is 30.0 Å². The number of hydrogen-bond donors (Lipinski definition) is 1. The molecule has 0 atom stereocenters. The Kier molecular flexibility index (Phi) is 4.56. The molecule has 3 amide bonds. The second-order valence-electron chi connectivity index (χ2n) is 4.36. The van der Waals surface area contributed by atoms with Gasteiger partial charge in [0.2, 0.25) is 0 Å². The number of imide groups is 1. The minimum Gasteiger partial charge on any atom is -0.490 e. The van der Waals surface area contributed by atoms with Crippen LogP contribution in [0.15, 0.2) is 55.3 Å². The highest BCUT2D eigenvalue weighted by Gasteiger charge is 2.32. The molecule has 5 nitrogen and oxygen atoms in total. The summed E-state index contributed by atoms with van der Waals surface area (Å²) in [5.41, 5.74) is 1.05. The predicted octanol–water partition coefficient (Wildman–Crippen LogP) is 2.33. The first-order chi connectivity index (χ1) is 10.2. The zero-order chi connectivity index (χ0) is 15.2.